The highest BCUT2D eigenvalue weighted by molar-refractivity contribution is 6.04. The molecular formula is C21H20N2O3. The number of nitrogens with one attached hydrogen (secondary N) is 1. The van der Waals surface area contributed by atoms with Gasteiger partial charge in [0.2, 0.25) is 0 Å². The zero-order valence-corrected chi connectivity index (χ0v) is 14.7. The summed E-state index contributed by atoms with van der Waals surface area (Å²) in [7, 11) is 1.58. The van der Waals surface area contributed by atoms with Crippen molar-refractivity contribution in [3.63, 3.8) is 0 Å². The monoisotopic (exact) mass is 348 g/mol. The summed E-state index contributed by atoms with van der Waals surface area (Å²) in [6.45, 7) is 2.44. The Bertz CT molecular complexity index is 892. The molecule has 1 aromatic heterocycles. The number of rotatable bonds is 6. The van der Waals surface area contributed by atoms with Crippen LogP contribution in [0.1, 0.15) is 21.5 Å². The molecular weight excluding hydrogens is 328 g/mol. The Hall–Kier alpha value is -3.34. The van der Waals surface area contributed by atoms with Gasteiger partial charge in [-0.1, -0.05) is 24.3 Å². The predicted molar refractivity (Wildman–Crippen MR) is 101 cm³/mol. The molecule has 3 aromatic rings. The molecule has 26 heavy (non-hydrogen) atoms. The van der Waals surface area contributed by atoms with Crippen LogP contribution < -0.4 is 14.8 Å². The molecule has 1 N–H and O–H groups in total. The molecule has 1 heterocycles. The number of nitrogens with zero attached hydrogens (tertiary/aromatic N) is 1. The molecule has 0 radical (unpaired) electrons. The van der Waals surface area contributed by atoms with Crippen LogP contribution in [0, 0.1) is 6.92 Å². The van der Waals surface area contributed by atoms with Gasteiger partial charge >= 0.3 is 0 Å². The third-order valence-corrected chi connectivity index (χ3v) is 4.00. The van der Waals surface area contributed by atoms with E-state index in [1.165, 1.54) is 0 Å². The maximum atomic E-state index is 12.4. The quantitative estimate of drug-likeness (QED) is 0.724. The summed E-state index contributed by atoms with van der Waals surface area (Å²) in [6.07, 6.45) is 1.62. The summed E-state index contributed by atoms with van der Waals surface area (Å²) in [6, 6.07) is 18.5. The lowest BCUT2D eigenvalue weighted by atomic mass is 10.1. The van der Waals surface area contributed by atoms with Crippen LogP contribution in [0.5, 0.6) is 11.5 Å². The number of hydrogen-bond donors (Lipinski definition) is 1. The van der Waals surface area contributed by atoms with Crippen LogP contribution >= 0.6 is 0 Å². The maximum absolute atomic E-state index is 12.4. The fraction of sp³-hybridized carbons (Fsp3) is 0.143. The van der Waals surface area contributed by atoms with Gasteiger partial charge in [0.15, 0.2) is 11.6 Å². The van der Waals surface area contributed by atoms with Gasteiger partial charge < -0.3 is 14.8 Å². The first-order chi connectivity index (χ1) is 12.7. The Morgan fingerprint density at radius 1 is 1.04 bits per heavy atom. The van der Waals surface area contributed by atoms with E-state index in [1.54, 1.807) is 49.7 Å². The molecule has 5 nitrogen and oxygen atoms in total. The molecule has 0 aliphatic rings. The van der Waals surface area contributed by atoms with Gasteiger partial charge in [0.1, 0.15) is 12.4 Å². The van der Waals surface area contributed by atoms with Crippen molar-refractivity contribution in [3.05, 3.63) is 83.6 Å². The van der Waals surface area contributed by atoms with Crippen molar-refractivity contribution in [2.75, 3.05) is 12.4 Å². The normalized spacial score (nSPS) is 10.2. The van der Waals surface area contributed by atoms with Crippen molar-refractivity contribution in [1.82, 2.24) is 4.98 Å². The lowest BCUT2D eigenvalue weighted by molar-refractivity contribution is 0.102. The second-order valence-corrected chi connectivity index (χ2v) is 5.75. The number of hydrogen-bond acceptors (Lipinski definition) is 4. The van der Waals surface area contributed by atoms with E-state index in [9.17, 15) is 4.79 Å². The van der Waals surface area contributed by atoms with Crippen LogP contribution in [-0.2, 0) is 6.61 Å². The minimum Gasteiger partial charge on any atom is -0.497 e. The fourth-order valence-electron chi connectivity index (χ4n) is 2.45. The maximum Gasteiger partial charge on any atom is 0.256 e. The summed E-state index contributed by atoms with van der Waals surface area (Å²) in [5.74, 6) is 1.35. The van der Waals surface area contributed by atoms with Crippen LogP contribution in [0.25, 0.3) is 0 Å². The van der Waals surface area contributed by atoms with Crippen molar-refractivity contribution in [2.45, 2.75) is 13.5 Å². The largest absolute Gasteiger partial charge is 0.497 e. The van der Waals surface area contributed by atoms with E-state index in [0.717, 1.165) is 11.1 Å². The first kappa shape index (κ1) is 17.5. The summed E-state index contributed by atoms with van der Waals surface area (Å²) >= 11 is 0. The van der Waals surface area contributed by atoms with Gasteiger partial charge in [-0.2, -0.15) is 0 Å². The fourth-order valence-corrected chi connectivity index (χ4v) is 2.45. The smallest absolute Gasteiger partial charge is 0.256 e. The second-order valence-electron chi connectivity index (χ2n) is 5.75. The van der Waals surface area contributed by atoms with E-state index in [2.05, 4.69) is 10.3 Å². The molecule has 0 saturated heterocycles. The Balaban J connectivity index is 1.72. The number of methoxy groups -OCH3 is 1. The lowest BCUT2D eigenvalue weighted by Gasteiger charge is -2.12. The zero-order chi connectivity index (χ0) is 18.4. The Labute approximate surface area is 152 Å². The van der Waals surface area contributed by atoms with Gasteiger partial charge in [-0.15, -0.1) is 0 Å². The summed E-state index contributed by atoms with van der Waals surface area (Å²) in [5.41, 5.74) is 2.75. The Kier molecular flexibility index (Phi) is 5.49. The molecule has 0 unspecified atom stereocenters. The van der Waals surface area contributed by atoms with Crippen molar-refractivity contribution >= 4 is 11.7 Å². The van der Waals surface area contributed by atoms with E-state index < -0.39 is 0 Å². The number of aromatic nitrogens is 1. The molecule has 0 atom stereocenters. The standard InChI is InChI=1S/C21H20N2O3/c1-15-6-3-4-7-17(15)14-26-19-8-5-13-22-20(19)23-21(24)16-9-11-18(25-2)12-10-16/h3-13H,14H2,1-2H3,(H,22,23,24). The van der Waals surface area contributed by atoms with Gasteiger partial charge in [0.25, 0.3) is 5.91 Å². The average Bonchev–Trinajstić information content (AvgIpc) is 2.68. The van der Waals surface area contributed by atoms with Crippen LogP contribution in [0.2, 0.25) is 0 Å². The van der Waals surface area contributed by atoms with Gasteiger partial charge in [0, 0.05) is 11.8 Å². The molecule has 1 amide bonds. The van der Waals surface area contributed by atoms with Crippen molar-refractivity contribution in [3.8, 4) is 11.5 Å². The number of aryl methyl sites for hydroxylation is 1. The highest BCUT2D eigenvalue weighted by atomic mass is 16.5. The highest BCUT2D eigenvalue weighted by Gasteiger charge is 2.11. The number of anilines is 1. The first-order valence-corrected chi connectivity index (χ1v) is 8.25. The number of carbonyl (C=O) groups excluding carboxylic acids is 1. The van der Waals surface area contributed by atoms with Crippen LogP contribution in [0.3, 0.4) is 0 Å². The molecule has 2 aromatic carbocycles. The molecule has 0 saturated carbocycles. The topological polar surface area (TPSA) is 60.5 Å². The molecule has 0 bridgehead atoms. The summed E-state index contributed by atoms with van der Waals surface area (Å²) < 4.78 is 11.0. The zero-order valence-electron chi connectivity index (χ0n) is 14.7. The summed E-state index contributed by atoms with van der Waals surface area (Å²) in [4.78, 5) is 16.7. The van der Waals surface area contributed by atoms with Crippen LogP contribution in [0.15, 0.2) is 66.9 Å². The summed E-state index contributed by atoms with van der Waals surface area (Å²) in [5, 5.41) is 2.80. The van der Waals surface area contributed by atoms with Crippen LogP contribution in [-0.4, -0.2) is 18.0 Å². The highest BCUT2D eigenvalue weighted by Crippen LogP contribution is 2.23. The molecule has 132 valence electrons. The van der Waals surface area contributed by atoms with E-state index in [1.807, 2.05) is 31.2 Å². The average molecular weight is 348 g/mol. The molecule has 3 rings (SSSR count). The number of amides is 1. The van der Waals surface area contributed by atoms with Gasteiger partial charge in [0.05, 0.1) is 7.11 Å². The van der Waals surface area contributed by atoms with E-state index in [0.29, 0.717) is 29.5 Å². The number of carbonyl (C=O) groups is 1. The minimum absolute atomic E-state index is 0.257. The SMILES string of the molecule is COc1ccc(C(=O)Nc2ncccc2OCc2ccccc2C)cc1. The van der Waals surface area contributed by atoms with E-state index >= 15 is 0 Å². The molecule has 5 heteroatoms. The molecule has 0 aliphatic carbocycles. The third kappa shape index (κ3) is 4.19. The molecule has 0 aliphatic heterocycles. The predicted octanol–water partition coefficient (Wildman–Crippen LogP) is 4.23. The van der Waals surface area contributed by atoms with E-state index in [-0.39, 0.29) is 5.91 Å². The second kappa shape index (κ2) is 8.16. The number of benzene rings is 2. The van der Waals surface area contributed by atoms with Gasteiger partial charge in [-0.05, 0) is 54.4 Å². The minimum atomic E-state index is -0.257. The molecule has 0 fully saturated rings. The van der Waals surface area contributed by atoms with Crippen LogP contribution in [0.4, 0.5) is 5.82 Å². The molecule has 0 spiro atoms. The van der Waals surface area contributed by atoms with Crippen molar-refractivity contribution < 1.29 is 14.3 Å². The number of pyridine rings is 1. The van der Waals surface area contributed by atoms with Crippen molar-refractivity contribution in [1.29, 1.82) is 0 Å². The Morgan fingerprint density at radius 3 is 2.54 bits per heavy atom. The van der Waals surface area contributed by atoms with E-state index in [4.69, 9.17) is 9.47 Å². The van der Waals surface area contributed by atoms with Gasteiger partial charge in [-0.3, -0.25) is 4.79 Å². The Morgan fingerprint density at radius 2 is 1.81 bits per heavy atom. The van der Waals surface area contributed by atoms with Crippen molar-refractivity contribution in [2.24, 2.45) is 0 Å². The number of ether oxygens (including phenoxy) is 2. The first-order valence-electron chi connectivity index (χ1n) is 8.25. The van der Waals surface area contributed by atoms with Gasteiger partial charge in [-0.25, -0.2) is 4.98 Å². The lowest BCUT2D eigenvalue weighted by Crippen LogP contribution is -2.14. The third-order valence-electron chi connectivity index (χ3n) is 4.00.